The molecule has 0 spiro atoms. The number of sulfonamides is 2. The summed E-state index contributed by atoms with van der Waals surface area (Å²) < 4.78 is 53.7. The van der Waals surface area contributed by atoms with Gasteiger partial charge in [-0.15, -0.1) is 0 Å². The Kier molecular flexibility index (Phi) is 9.22. The van der Waals surface area contributed by atoms with Crippen LogP contribution in [0.4, 0.5) is 5.69 Å². The molecule has 8 nitrogen and oxygen atoms in total. The van der Waals surface area contributed by atoms with E-state index < -0.39 is 20.0 Å². The van der Waals surface area contributed by atoms with E-state index in [-0.39, 0.29) is 35.6 Å². The third-order valence-electron chi connectivity index (χ3n) is 6.04. The minimum Gasteiger partial charge on any atom is -0.326 e. The average molecular weight is 563 g/mol. The Balaban J connectivity index is 1.57. The SMILES string of the molecule is CCN(CC)S(=O)(=O)c1ccc(NC(=O)C2CCN(S(=O)(=O)Cc3ccc(Cl)cc3Cl)CC2)cc1. The summed E-state index contributed by atoms with van der Waals surface area (Å²) in [5, 5.41) is 3.54. The van der Waals surface area contributed by atoms with Gasteiger partial charge in [0.2, 0.25) is 26.0 Å². The molecule has 0 unspecified atom stereocenters. The maximum Gasteiger partial charge on any atom is 0.243 e. The van der Waals surface area contributed by atoms with Gasteiger partial charge in [-0.1, -0.05) is 43.1 Å². The van der Waals surface area contributed by atoms with Crippen molar-refractivity contribution >= 4 is 54.8 Å². The predicted molar refractivity (Wildman–Crippen MR) is 139 cm³/mol. The number of carbonyl (C=O) groups excluding carboxylic acids is 1. The van der Waals surface area contributed by atoms with Crippen LogP contribution in [0.25, 0.3) is 0 Å². The van der Waals surface area contributed by atoms with Gasteiger partial charge in [-0.2, -0.15) is 4.31 Å². The smallest absolute Gasteiger partial charge is 0.243 e. The molecule has 1 amide bonds. The Hall–Kier alpha value is -1.69. The highest BCUT2D eigenvalue weighted by atomic mass is 35.5. The molecule has 1 aliphatic rings. The number of piperidine rings is 1. The fourth-order valence-electron chi connectivity index (χ4n) is 3.99. The van der Waals surface area contributed by atoms with E-state index in [1.165, 1.54) is 26.8 Å². The Morgan fingerprint density at radius 2 is 1.60 bits per heavy atom. The van der Waals surface area contributed by atoms with Crippen LogP contribution in [-0.4, -0.2) is 57.5 Å². The summed E-state index contributed by atoms with van der Waals surface area (Å²) in [5.41, 5.74) is 0.961. The number of nitrogens with zero attached hydrogens (tertiary/aromatic N) is 2. The summed E-state index contributed by atoms with van der Waals surface area (Å²) in [6.45, 7) is 4.76. The van der Waals surface area contributed by atoms with Gasteiger partial charge in [-0.05, 0) is 54.8 Å². The number of hydrogen-bond acceptors (Lipinski definition) is 5. The van der Waals surface area contributed by atoms with Gasteiger partial charge in [0.1, 0.15) is 0 Å². The average Bonchev–Trinajstić information content (AvgIpc) is 2.82. The zero-order valence-corrected chi connectivity index (χ0v) is 22.7. The quantitative estimate of drug-likeness (QED) is 0.494. The van der Waals surface area contributed by atoms with Crippen molar-refractivity contribution in [2.75, 3.05) is 31.5 Å². The van der Waals surface area contributed by atoms with E-state index >= 15 is 0 Å². The molecule has 12 heteroatoms. The topological polar surface area (TPSA) is 104 Å². The molecule has 1 aliphatic heterocycles. The lowest BCUT2D eigenvalue weighted by atomic mass is 9.97. The Morgan fingerprint density at radius 1 is 1.00 bits per heavy atom. The molecule has 0 aromatic heterocycles. The van der Waals surface area contributed by atoms with Crippen LogP contribution in [0.3, 0.4) is 0 Å². The normalized spacial score (nSPS) is 15.9. The number of benzene rings is 2. The maximum atomic E-state index is 12.8. The van der Waals surface area contributed by atoms with E-state index in [9.17, 15) is 21.6 Å². The first kappa shape index (κ1) is 27.9. The fourth-order valence-corrected chi connectivity index (χ4v) is 7.60. The van der Waals surface area contributed by atoms with Crippen molar-refractivity contribution in [1.82, 2.24) is 8.61 Å². The minimum atomic E-state index is -3.60. The van der Waals surface area contributed by atoms with Crippen molar-refractivity contribution in [1.29, 1.82) is 0 Å². The fraction of sp³-hybridized carbons (Fsp3) is 0.435. The molecule has 1 heterocycles. The lowest BCUT2D eigenvalue weighted by Gasteiger charge is -2.30. The summed E-state index contributed by atoms with van der Waals surface area (Å²) in [5.74, 6) is -0.801. The van der Waals surface area contributed by atoms with E-state index in [2.05, 4.69) is 5.32 Å². The van der Waals surface area contributed by atoms with E-state index in [0.717, 1.165) is 0 Å². The molecule has 1 N–H and O–H groups in total. The van der Waals surface area contributed by atoms with Crippen LogP contribution >= 0.6 is 23.2 Å². The molecule has 35 heavy (non-hydrogen) atoms. The van der Waals surface area contributed by atoms with Gasteiger partial charge < -0.3 is 5.32 Å². The maximum absolute atomic E-state index is 12.8. The molecule has 1 fully saturated rings. The van der Waals surface area contributed by atoms with Gasteiger partial charge in [-0.25, -0.2) is 21.1 Å². The Bertz CT molecular complexity index is 1260. The minimum absolute atomic E-state index is 0.165. The number of anilines is 1. The zero-order valence-electron chi connectivity index (χ0n) is 19.6. The van der Waals surface area contributed by atoms with Crippen LogP contribution in [-0.2, 0) is 30.6 Å². The van der Waals surface area contributed by atoms with Crippen molar-refractivity contribution < 1.29 is 21.6 Å². The molecule has 3 rings (SSSR count). The monoisotopic (exact) mass is 561 g/mol. The summed E-state index contributed by atoms with van der Waals surface area (Å²) >= 11 is 12.0. The van der Waals surface area contributed by atoms with Crippen LogP contribution < -0.4 is 5.32 Å². The third-order valence-corrected chi connectivity index (χ3v) is 10.5. The molecule has 1 saturated heterocycles. The van der Waals surface area contributed by atoms with Gasteiger partial charge in [0, 0.05) is 47.8 Å². The first-order valence-corrected chi connectivity index (χ1v) is 15.1. The highest BCUT2D eigenvalue weighted by Crippen LogP contribution is 2.27. The lowest BCUT2D eigenvalue weighted by Crippen LogP contribution is -2.41. The van der Waals surface area contributed by atoms with Gasteiger partial charge in [0.25, 0.3) is 0 Å². The van der Waals surface area contributed by atoms with Crippen molar-refractivity contribution in [2.24, 2.45) is 5.92 Å². The van der Waals surface area contributed by atoms with Crippen molar-refractivity contribution in [3.63, 3.8) is 0 Å². The first-order valence-electron chi connectivity index (χ1n) is 11.3. The number of nitrogens with one attached hydrogen (secondary N) is 1. The van der Waals surface area contributed by atoms with E-state index in [4.69, 9.17) is 23.2 Å². The molecule has 2 aromatic carbocycles. The van der Waals surface area contributed by atoms with Gasteiger partial charge in [0.05, 0.1) is 10.6 Å². The summed E-state index contributed by atoms with van der Waals surface area (Å²) in [6.07, 6.45) is 0.766. The van der Waals surface area contributed by atoms with E-state index in [0.29, 0.717) is 47.2 Å². The largest absolute Gasteiger partial charge is 0.326 e. The van der Waals surface area contributed by atoms with Gasteiger partial charge in [-0.3, -0.25) is 4.79 Å². The highest BCUT2D eigenvalue weighted by molar-refractivity contribution is 7.89. The van der Waals surface area contributed by atoms with E-state index in [1.54, 1.807) is 38.1 Å². The summed E-state index contributed by atoms with van der Waals surface area (Å²) in [6, 6.07) is 10.8. The number of hydrogen-bond donors (Lipinski definition) is 1. The van der Waals surface area contributed by atoms with Crippen LogP contribution in [0.2, 0.25) is 10.0 Å². The second kappa shape index (κ2) is 11.6. The van der Waals surface area contributed by atoms with E-state index in [1.807, 2.05) is 0 Å². The second-order valence-electron chi connectivity index (χ2n) is 8.27. The number of carbonyl (C=O) groups is 1. The van der Waals surface area contributed by atoms with Gasteiger partial charge >= 0.3 is 0 Å². The summed E-state index contributed by atoms with van der Waals surface area (Å²) in [7, 11) is -7.17. The molecule has 0 aliphatic carbocycles. The second-order valence-corrected chi connectivity index (χ2v) is 13.0. The molecule has 0 radical (unpaired) electrons. The highest BCUT2D eigenvalue weighted by Gasteiger charge is 2.31. The molecular weight excluding hydrogens is 533 g/mol. The van der Waals surface area contributed by atoms with Crippen molar-refractivity contribution in [3.05, 3.63) is 58.1 Å². The van der Waals surface area contributed by atoms with Crippen LogP contribution in [0, 0.1) is 5.92 Å². The van der Waals surface area contributed by atoms with Gasteiger partial charge in [0.15, 0.2) is 0 Å². The Labute approximate surface area is 217 Å². The molecule has 192 valence electrons. The molecular formula is C23H29Cl2N3O5S2. The molecule has 0 bridgehead atoms. The Morgan fingerprint density at radius 3 is 2.14 bits per heavy atom. The van der Waals surface area contributed by atoms with Crippen LogP contribution in [0.1, 0.15) is 32.3 Å². The molecule has 0 saturated carbocycles. The van der Waals surface area contributed by atoms with Crippen LogP contribution in [0.15, 0.2) is 47.4 Å². The van der Waals surface area contributed by atoms with Crippen LogP contribution in [0.5, 0.6) is 0 Å². The standard InChI is InChI=1S/C23H29Cl2N3O5S2/c1-3-27(4-2)35(32,33)21-9-7-20(8-10-21)26-23(29)17-11-13-28(14-12-17)34(30,31)16-18-5-6-19(24)15-22(18)25/h5-10,15,17H,3-4,11-14,16H2,1-2H3,(H,26,29). The third kappa shape index (κ3) is 6.75. The van der Waals surface area contributed by atoms with Crippen molar-refractivity contribution in [2.45, 2.75) is 37.3 Å². The first-order chi connectivity index (χ1) is 16.5. The zero-order chi connectivity index (χ0) is 25.8. The van der Waals surface area contributed by atoms with Crippen molar-refractivity contribution in [3.8, 4) is 0 Å². The lowest BCUT2D eigenvalue weighted by molar-refractivity contribution is -0.120. The number of amides is 1. The number of rotatable bonds is 9. The summed E-state index contributed by atoms with van der Waals surface area (Å²) in [4.78, 5) is 12.9. The molecule has 2 aromatic rings. The molecule has 0 atom stereocenters. The number of halogens is 2. The predicted octanol–water partition coefficient (Wildman–Crippen LogP) is 4.20.